The zero-order valence-electron chi connectivity index (χ0n) is 11.4. The van der Waals surface area contributed by atoms with Gasteiger partial charge in [-0.1, -0.05) is 17.7 Å². The molecule has 3 nitrogen and oxygen atoms in total. The van der Waals surface area contributed by atoms with Crippen LogP contribution in [0.15, 0.2) is 18.2 Å². The molecule has 1 heterocycles. The van der Waals surface area contributed by atoms with Crippen LogP contribution in [0.2, 0.25) is 5.02 Å². The van der Waals surface area contributed by atoms with Crippen molar-refractivity contribution in [1.82, 2.24) is 4.90 Å². The van der Waals surface area contributed by atoms with Gasteiger partial charge in [-0.25, -0.2) is 0 Å². The van der Waals surface area contributed by atoms with E-state index in [1.54, 1.807) is 0 Å². The monoisotopic (exact) mass is 267 g/mol. The van der Waals surface area contributed by atoms with Gasteiger partial charge in [-0.05, 0) is 38.6 Å². The van der Waals surface area contributed by atoms with Crippen LogP contribution in [0, 0.1) is 6.92 Å². The maximum absolute atomic E-state index is 6.23. The number of benzene rings is 1. The average Bonchev–Trinajstić information content (AvgIpc) is 2.32. The van der Waals surface area contributed by atoms with Crippen molar-refractivity contribution in [2.45, 2.75) is 25.9 Å². The third-order valence-corrected chi connectivity index (χ3v) is 4.10. The first-order valence-corrected chi connectivity index (χ1v) is 6.83. The second kappa shape index (κ2) is 5.47. The molecule has 0 radical (unpaired) electrons. The maximum Gasteiger partial charge on any atom is 0.0542 e. The van der Waals surface area contributed by atoms with E-state index in [1.807, 2.05) is 6.92 Å². The predicted molar refractivity (Wildman–Crippen MR) is 78.5 cm³/mol. The van der Waals surface area contributed by atoms with Crippen molar-refractivity contribution in [2.24, 2.45) is 5.73 Å². The van der Waals surface area contributed by atoms with Gasteiger partial charge >= 0.3 is 0 Å². The molecule has 2 rings (SSSR count). The second-order valence-corrected chi connectivity index (χ2v) is 5.71. The van der Waals surface area contributed by atoms with Gasteiger partial charge in [0.05, 0.1) is 6.04 Å². The highest BCUT2D eigenvalue weighted by Crippen LogP contribution is 2.28. The molecule has 1 aliphatic rings. The van der Waals surface area contributed by atoms with E-state index < -0.39 is 0 Å². The predicted octanol–water partition coefficient (Wildman–Crippen LogP) is 2.12. The van der Waals surface area contributed by atoms with Crippen LogP contribution in [-0.2, 0) is 0 Å². The zero-order chi connectivity index (χ0) is 13.3. The number of hydrogen-bond donors (Lipinski definition) is 1. The number of piperazine rings is 1. The number of nitrogens with zero attached hydrogens (tertiary/aromatic N) is 2. The van der Waals surface area contributed by atoms with Gasteiger partial charge in [-0.15, -0.1) is 0 Å². The Morgan fingerprint density at radius 1 is 1.39 bits per heavy atom. The molecule has 0 saturated carbocycles. The summed E-state index contributed by atoms with van der Waals surface area (Å²) in [5.74, 6) is 0. The highest BCUT2D eigenvalue weighted by Gasteiger charge is 2.29. The largest absolute Gasteiger partial charge is 0.362 e. The molecular formula is C14H22ClN3. The molecule has 0 aromatic heterocycles. The van der Waals surface area contributed by atoms with Crippen molar-refractivity contribution in [1.29, 1.82) is 0 Å². The summed E-state index contributed by atoms with van der Waals surface area (Å²) in [5.41, 5.74) is 8.22. The molecule has 0 spiro atoms. The molecule has 18 heavy (non-hydrogen) atoms. The van der Waals surface area contributed by atoms with Gasteiger partial charge in [-0.2, -0.15) is 0 Å². The summed E-state index contributed by atoms with van der Waals surface area (Å²) in [5, 5.41) is 0.828. The van der Waals surface area contributed by atoms with E-state index >= 15 is 0 Å². The van der Waals surface area contributed by atoms with Crippen LogP contribution in [-0.4, -0.2) is 43.7 Å². The first-order chi connectivity index (χ1) is 8.52. The summed E-state index contributed by atoms with van der Waals surface area (Å²) < 4.78 is 0. The molecule has 2 atom stereocenters. The van der Waals surface area contributed by atoms with Gasteiger partial charge in [-0.3, -0.25) is 0 Å². The van der Waals surface area contributed by atoms with E-state index in [0.29, 0.717) is 18.6 Å². The number of rotatable bonds is 2. The Labute approximate surface area is 115 Å². The molecule has 1 saturated heterocycles. The normalized spacial score (nSPS) is 25.5. The smallest absolute Gasteiger partial charge is 0.0542 e. The fraction of sp³-hybridized carbons (Fsp3) is 0.571. The fourth-order valence-electron chi connectivity index (χ4n) is 2.82. The lowest BCUT2D eigenvalue weighted by Gasteiger charge is -2.45. The van der Waals surface area contributed by atoms with Crippen molar-refractivity contribution in [2.75, 3.05) is 31.6 Å². The third kappa shape index (κ3) is 2.63. The van der Waals surface area contributed by atoms with Crippen molar-refractivity contribution < 1.29 is 0 Å². The van der Waals surface area contributed by atoms with Crippen LogP contribution >= 0.6 is 11.6 Å². The minimum Gasteiger partial charge on any atom is -0.362 e. The fourth-order valence-corrected chi connectivity index (χ4v) is 2.99. The number of hydrogen-bond acceptors (Lipinski definition) is 3. The standard InChI is InChI=1S/C14H22ClN3/c1-10-4-5-12(6-14(10)15)18-11(2)8-17(3)9-13(18)7-16/h4-6,11,13H,7-9,16H2,1-3H3. The number of nitrogens with two attached hydrogens (primary N) is 1. The van der Waals surface area contributed by atoms with Crippen LogP contribution in [0.1, 0.15) is 12.5 Å². The Kier molecular flexibility index (Phi) is 4.15. The van der Waals surface area contributed by atoms with Crippen LogP contribution in [0.3, 0.4) is 0 Å². The molecule has 0 aliphatic carbocycles. The second-order valence-electron chi connectivity index (χ2n) is 5.30. The number of anilines is 1. The van der Waals surface area contributed by atoms with Crippen LogP contribution in [0.5, 0.6) is 0 Å². The summed E-state index contributed by atoms with van der Waals surface area (Å²) >= 11 is 6.23. The Bertz CT molecular complexity index is 422. The number of likely N-dealkylation sites (N-methyl/N-ethyl adjacent to an activating group) is 1. The van der Waals surface area contributed by atoms with Gasteiger partial charge in [0.25, 0.3) is 0 Å². The molecule has 4 heteroatoms. The van der Waals surface area contributed by atoms with Gasteiger partial charge in [0.1, 0.15) is 0 Å². The lowest BCUT2D eigenvalue weighted by Crippen LogP contribution is -2.59. The highest BCUT2D eigenvalue weighted by molar-refractivity contribution is 6.31. The molecule has 1 aliphatic heterocycles. The van der Waals surface area contributed by atoms with Crippen molar-refractivity contribution in [3.63, 3.8) is 0 Å². The van der Waals surface area contributed by atoms with Crippen molar-refractivity contribution >= 4 is 17.3 Å². The Balaban J connectivity index is 2.31. The van der Waals surface area contributed by atoms with E-state index in [2.05, 4.69) is 42.0 Å². The van der Waals surface area contributed by atoms with Gasteiger partial charge in [0.15, 0.2) is 0 Å². The first-order valence-electron chi connectivity index (χ1n) is 6.46. The molecule has 2 unspecified atom stereocenters. The first kappa shape index (κ1) is 13.7. The van der Waals surface area contributed by atoms with Crippen LogP contribution in [0.25, 0.3) is 0 Å². The summed E-state index contributed by atoms with van der Waals surface area (Å²) in [7, 11) is 2.15. The van der Waals surface area contributed by atoms with Gasteiger partial charge in [0.2, 0.25) is 0 Å². The Hall–Kier alpha value is -0.770. The van der Waals surface area contributed by atoms with E-state index in [4.69, 9.17) is 17.3 Å². The molecular weight excluding hydrogens is 246 g/mol. The quantitative estimate of drug-likeness (QED) is 0.891. The lowest BCUT2D eigenvalue weighted by atomic mass is 10.1. The average molecular weight is 268 g/mol. The van der Waals surface area contributed by atoms with Crippen LogP contribution in [0.4, 0.5) is 5.69 Å². The molecule has 2 N–H and O–H groups in total. The Morgan fingerprint density at radius 2 is 2.11 bits per heavy atom. The maximum atomic E-state index is 6.23. The summed E-state index contributed by atoms with van der Waals surface area (Å²) in [6.45, 7) is 7.00. The van der Waals surface area contributed by atoms with E-state index in [-0.39, 0.29) is 0 Å². The van der Waals surface area contributed by atoms with E-state index in [0.717, 1.165) is 23.7 Å². The number of aryl methyl sites for hydroxylation is 1. The lowest BCUT2D eigenvalue weighted by molar-refractivity contribution is 0.235. The highest BCUT2D eigenvalue weighted by atomic mass is 35.5. The van der Waals surface area contributed by atoms with Gasteiger partial charge in [0, 0.05) is 36.4 Å². The molecule has 1 fully saturated rings. The zero-order valence-corrected chi connectivity index (χ0v) is 12.1. The van der Waals surface area contributed by atoms with Crippen LogP contribution < -0.4 is 10.6 Å². The summed E-state index contributed by atoms with van der Waals surface area (Å²) in [4.78, 5) is 4.75. The molecule has 1 aromatic carbocycles. The molecule has 1 aromatic rings. The minimum atomic E-state index is 0.359. The SMILES string of the molecule is Cc1ccc(N2C(C)CN(C)CC2CN)cc1Cl. The molecule has 0 bridgehead atoms. The van der Waals surface area contributed by atoms with E-state index in [9.17, 15) is 0 Å². The summed E-state index contributed by atoms with van der Waals surface area (Å²) in [6.07, 6.45) is 0. The van der Waals surface area contributed by atoms with E-state index in [1.165, 1.54) is 5.69 Å². The Morgan fingerprint density at radius 3 is 2.72 bits per heavy atom. The molecule has 0 amide bonds. The third-order valence-electron chi connectivity index (χ3n) is 3.69. The summed E-state index contributed by atoms with van der Waals surface area (Å²) in [6, 6.07) is 7.09. The molecule has 100 valence electrons. The van der Waals surface area contributed by atoms with Crippen molar-refractivity contribution in [3.05, 3.63) is 28.8 Å². The van der Waals surface area contributed by atoms with Gasteiger partial charge < -0.3 is 15.5 Å². The number of halogens is 1. The van der Waals surface area contributed by atoms with Crippen molar-refractivity contribution in [3.8, 4) is 0 Å². The minimum absolute atomic E-state index is 0.359. The topological polar surface area (TPSA) is 32.5 Å².